The predicted octanol–water partition coefficient (Wildman–Crippen LogP) is 1.45. The van der Waals surface area contributed by atoms with E-state index in [4.69, 9.17) is 5.73 Å². The van der Waals surface area contributed by atoms with Gasteiger partial charge in [0.1, 0.15) is 0 Å². The number of rotatable bonds is 2. The summed E-state index contributed by atoms with van der Waals surface area (Å²) in [5, 5.41) is 0. The fraction of sp³-hybridized carbons (Fsp3) is 0.929. The molecule has 1 rings (SSSR count). The van der Waals surface area contributed by atoms with Gasteiger partial charge in [-0.15, -0.1) is 0 Å². The molecule has 1 saturated heterocycles. The normalized spacial score (nSPS) is 24.2. The van der Waals surface area contributed by atoms with E-state index in [9.17, 15) is 4.79 Å². The summed E-state index contributed by atoms with van der Waals surface area (Å²) < 4.78 is 0. The van der Waals surface area contributed by atoms with E-state index < -0.39 is 0 Å². The Labute approximate surface area is 111 Å². The highest BCUT2D eigenvalue weighted by atomic mass is 16.1. The van der Waals surface area contributed by atoms with E-state index in [1.54, 1.807) is 0 Å². The molecular formula is C14H29N3O. The molecule has 0 unspecified atom stereocenters. The fourth-order valence-corrected chi connectivity index (χ4v) is 2.75. The average Bonchev–Trinajstić information content (AvgIpc) is 2.13. The van der Waals surface area contributed by atoms with Crippen molar-refractivity contribution in [3.63, 3.8) is 0 Å². The SMILES string of the molecule is CC(C)(C)N1CCN(C(C)(C)C)[C@@H](CC(N)=O)C1. The lowest BCUT2D eigenvalue weighted by Crippen LogP contribution is -2.63. The molecule has 1 fully saturated rings. The molecule has 4 heteroatoms. The molecule has 0 spiro atoms. The molecule has 4 nitrogen and oxygen atoms in total. The van der Waals surface area contributed by atoms with E-state index in [1.165, 1.54) is 0 Å². The van der Waals surface area contributed by atoms with Crippen LogP contribution in [-0.2, 0) is 4.79 Å². The van der Waals surface area contributed by atoms with E-state index in [-0.39, 0.29) is 23.0 Å². The Morgan fingerprint density at radius 1 is 1.11 bits per heavy atom. The third-order valence-electron chi connectivity index (χ3n) is 3.73. The second-order valence-electron chi connectivity index (χ2n) is 7.31. The Hall–Kier alpha value is -0.610. The third kappa shape index (κ3) is 3.95. The van der Waals surface area contributed by atoms with E-state index in [2.05, 4.69) is 51.3 Å². The molecule has 2 N–H and O–H groups in total. The fourth-order valence-electron chi connectivity index (χ4n) is 2.75. The summed E-state index contributed by atoms with van der Waals surface area (Å²) in [5.41, 5.74) is 5.64. The van der Waals surface area contributed by atoms with Crippen LogP contribution >= 0.6 is 0 Å². The molecule has 0 aromatic carbocycles. The van der Waals surface area contributed by atoms with Crippen LogP contribution in [0.15, 0.2) is 0 Å². The second kappa shape index (κ2) is 5.17. The Kier molecular flexibility index (Phi) is 4.44. The zero-order valence-electron chi connectivity index (χ0n) is 12.8. The molecule has 0 aliphatic carbocycles. The van der Waals surface area contributed by atoms with E-state index in [1.807, 2.05) is 0 Å². The van der Waals surface area contributed by atoms with Crippen molar-refractivity contribution in [1.82, 2.24) is 9.80 Å². The summed E-state index contributed by atoms with van der Waals surface area (Å²) in [4.78, 5) is 16.1. The molecule has 1 heterocycles. The monoisotopic (exact) mass is 255 g/mol. The largest absolute Gasteiger partial charge is 0.370 e. The van der Waals surface area contributed by atoms with Crippen LogP contribution in [0.3, 0.4) is 0 Å². The molecule has 1 aliphatic rings. The molecule has 0 aromatic heterocycles. The zero-order chi connectivity index (χ0) is 14.1. The first kappa shape index (κ1) is 15.4. The van der Waals surface area contributed by atoms with Gasteiger partial charge in [0.25, 0.3) is 0 Å². The highest BCUT2D eigenvalue weighted by Crippen LogP contribution is 2.26. The summed E-state index contributed by atoms with van der Waals surface area (Å²) in [6, 6.07) is 0.232. The van der Waals surface area contributed by atoms with E-state index in [0.717, 1.165) is 19.6 Å². The van der Waals surface area contributed by atoms with Gasteiger partial charge in [-0.1, -0.05) is 0 Å². The number of hydrogen-bond donors (Lipinski definition) is 1. The number of carbonyl (C=O) groups excluding carboxylic acids is 1. The van der Waals surface area contributed by atoms with Gasteiger partial charge in [-0.25, -0.2) is 0 Å². The van der Waals surface area contributed by atoms with Crippen molar-refractivity contribution in [2.75, 3.05) is 19.6 Å². The van der Waals surface area contributed by atoms with Crippen LogP contribution < -0.4 is 5.73 Å². The summed E-state index contributed by atoms with van der Waals surface area (Å²) in [6.07, 6.45) is 0.448. The highest BCUT2D eigenvalue weighted by Gasteiger charge is 2.37. The van der Waals surface area contributed by atoms with Gasteiger partial charge in [-0.05, 0) is 41.5 Å². The van der Waals surface area contributed by atoms with Gasteiger partial charge in [0.2, 0.25) is 5.91 Å². The van der Waals surface area contributed by atoms with Gasteiger partial charge in [0.05, 0.1) is 0 Å². The maximum Gasteiger partial charge on any atom is 0.219 e. The van der Waals surface area contributed by atoms with Crippen molar-refractivity contribution in [1.29, 1.82) is 0 Å². The molecule has 1 amide bonds. The van der Waals surface area contributed by atoms with Gasteiger partial charge in [-0.3, -0.25) is 14.6 Å². The first-order valence-electron chi connectivity index (χ1n) is 6.82. The van der Waals surface area contributed by atoms with Crippen LogP contribution in [-0.4, -0.2) is 52.5 Å². The van der Waals surface area contributed by atoms with Crippen molar-refractivity contribution in [2.45, 2.75) is 65.1 Å². The summed E-state index contributed by atoms with van der Waals surface area (Å²) in [5.74, 6) is -0.204. The molecule has 106 valence electrons. The average molecular weight is 255 g/mol. The van der Waals surface area contributed by atoms with Crippen molar-refractivity contribution in [3.8, 4) is 0 Å². The number of primary amides is 1. The van der Waals surface area contributed by atoms with Gasteiger partial charge >= 0.3 is 0 Å². The molecular weight excluding hydrogens is 226 g/mol. The van der Waals surface area contributed by atoms with Crippen LogP contribution in [0.1, 0.15) is 48.0 Å². The minimum atomic E-state index is -0.204. The minimum absolute atomic E-state index is 0.0874. The van der Waals surface area contributed by atoms with Crippen molar-refractivity contribution >= 4 is 5.91 Å². The lowest BCUT2D eigenvalue weighted by atomic mass is 9.95. The Morgan fingerprint density at radius 3 is 2.06 bits per heavy atom. The lowest BCUT2D eigenvalue weighted by molar-refractivity contribution is -0.121. The molecule has 1 aliphatic heterocycles. The van der Waals surface area contributed by atoms with Gasteiger partial charge in [0, 0.05) is 43.2 Å². The number of hydrogen-bond acceptors (Lipinski definition) is 3. The van der Waals surface area contributed by atoms with Crippen molar-refractivity contribution in [3.05, 3.63) is 0 Å². The van der Waals surface area contributed by atoms with Crippen LogP contribution in [0.2, 0.25) is 0 Å². The van der Waals surface area contributed by atoms with Gasteiger partial charge < -0.3 is 5.73 Å². The Morgan fingerprint density at radius 2 is 1.67 bits per heavy atom. The number of carbonyl (C=O) groups is 1. The zero-order valence-corrected chi connectivity index (χ0v) is 12.8. The molecule has 0 saturated carbocycles. The first-order valence-corrected chi connectivity index (χ1v) is 6.82. The molecule has 18 heavy (non-hydrogen) atoms. The second-order valence-corrected chi connectivity index (χ2v) is 7.31. The third-order valence-corrected chi connectivity index (χ3v) is 3.73. The predicted molar refractivity (Wildman–Crippen MR) is 75.4 cm³/mol. The number of nitrogens with zero attached hydrogens (tertiary/aromatic N) is 2. The number of nitrogens with two attached hydrogens (primary N) is 1. The summed E-state index contributed by atoms with van der Waals surface area (Å²) in [7, 11) is 0. The molecule has 1 atom stereocenters. The molecule has 0 radical (unpaired) electrons. The van der Waals surface area contributed by atoms with Crippen LogP contribution in [0.25, 0.3) is 0 Å². The quantitative estimate of drug-likeness (QED) is 0.812. The maximum absolute atomic E-state index is 11.3. The first-order chi connectivity index (χ1) is 8.01. The van der Waals surface area contributed by atoms with Crippen LogP contribution in [0.5, 0.6) is 0 Å². The Balaban J connectivity index is 2.83. The number of amides is 1. The molecule has 0 aromatic rings. The van der Waals surface area contributed by atoms with Gasteiger partial charge in [0.15, 0.2) is 0 Å². The summed E-state index contributed by atoms with van der Waals surface area (Å²) >= 11 is 0. The van der Waals surface area contributed by atoms with Gasteiger partial charge in [-0.2, -0.15) is 0 Å². The Bertz CT molecular complexity index is 301. The number of piperazine rings is 1. The maximum atomic E-state index is 11.3. The lowest BCUT2D eigenvalue weighted by Gasteiger charge is -2.51. The van der Waals surface area contributed by atoms with Crippen LogP contribution in [0.4, 0.5) is 0 Å². The highest BCUT2D eigenvalue weighted by molar-refractivity contribution is 5.74. The summed E-state index contributed by atoms with van der Waals surface area (Å²) in [6.45, 7) is 16.2. The van der Waals surface area contributed by atoms with Crippen molar-refractivity contribution in [2.24, 2.45) is 5.73 Å². The van der Waals surface area contributed by atoms with E-state index in [0.29, 0.717) is 6.42 Å². The standard InChI is InChI=1S/C14H29N3O/c1-13(2,3)16-7-8-17(14(4,5)6)11(10-16)9-12(15)18/h11H,7-10H2,1-6H3,(H2,15,18)/t11-/m0/s1. The van der Waals surface area contributed by atoms with Crippen LogP contribution in [0, 0.1) is 0 Å². The topological polar surface area (TPSA) is 49.6 Å². The molecule has 0 bridgehead atoms. The minimum Gasteiger partial charge on any atom is -0.370 e. The smallest absolute Gasteiger partial charge is 0.219 e. The van der Waals surface area contributed by atoms with Crippen molar-refractivity contribution < 1.29 is 4.79 Å². The van der Waals surface area contributed by atoms with E-state index >= 15 is 0 Å².